The Hall–Kier alpha value is -6.97. The quantitative estimate of drug-likeness (QED) is 0.170. The van der Waals surface area contributed by atoms with Crippen LogP contribution in [0.4, 0.5) is 0 Å². The van der Waals surface area contributed by atoms with E-state index in [1.54, 1.807) is 0 Å². The maximum atomic E-state index is 5.08. The molecule has 0 atom stereocenters. The number of hydrogen-bond acceptors (Lipinski definition) is 3. The Bertz CT molecular complexity index is 2850. The Morgan fingerprint density at radius 3 is 1.31 bits per heavy atom. The summed E-state index contributed by atoms with van der Waals surface area (Å²) in [6, 6.07) is 62.9. The van der Waals surface area contributed by atoms with E-state index in [4.69, 9.17) is 15.0 Å². The summed E-state index contributed by atoms with van der Waals surface area (Å²) in [5.41, 5.74) is 17.8. The molecule has 0 radical (unpaired) electrons. The van der Waals surface area contributed by atoms with E-state index in [9.17, 15) is 0 Å². The summed E-state index contributed by atoms with van der Waals surface area (Å²) >= 11 is 0. The van der Waals surface area contributed by atoms with Crippen molar-refractivity contribution in [1.82, 2.24) is 15.0 Å². The SMILES string of the molecule is C/C=C\C1=C(C)C2(c3ccccc3C(C)(C)c3ccccc32)c2cccc(-c3ccc(-c4nc(-c5ccccc5)nc(-c5ccc(-c6ccccc6)cc5)n4)cc3)c21. The van der Waals surface area contributed by atoms with Crippen LogP contribution in [0, 0.1) is 0 Å². The zero-order valence-electron chi connectivity index (χ0n) is 33.2. The van der Waals surface area contributed by atoms with Gasteiger partial charge >= 0.3 is 0 Å². The van der Waals surface area contributed by atoms with Gasteiger partial charge in [0.05, 0.1) is 5.41 Å². The lowest BCUT2D eigenvalue weighted by Gasteiger charge is -2.47. The van der Waals surface area contributed by atoms with E-state index in [0.717, 1.165) is 27.8 Å². The van der Waals surface area contributed by atoms with Gasteiger partial charge in [-0.1, -0.05) is 202 Å². The topological polar surface area (TPSA) is 38.7 Å². The minimum Gasteiger partial charge on any atom is -0.208 e. The van der Waals surface area contributed by atoms with Gasteiger partial charge in [0.1, 0.15) is 0 Å². The Balaban J connectivity index is 1.10. The summed E-state index contributed by atoms with van der Waals surface area (Å²) in [5.74, 6) is 1.94. The van der Waals surface area contributed by atoms with Crippen molar-refractivity contribution >= 4 is 5.57 Å². The fourth-order valence-electron chi connectivity index (χ4n) is 9.65. The predicted octanol–water partition coefficient (Wildman–Crippen LogP) is 13.5. The average Bonchev–Trinajstić information content (AvgIpc) is 3.53. The fraction of sp³-hybridized carbons (Fsp3) is 0.109. The van der Waals surface area contributed by atoms with Crippen LogP contribution in [0.3, 0.4) is 0 Å². The van der Waals surface area contributed by atoms with Gasteiger partial charge in [0.25, 0.3) is 0 Å². The largest absolute Gasteiger partial charge is 0.208 e. The monoisotopic (exact) mass is 745 g/mol. The molecule has 3 heteroatoms. The summed E-state index contributed by atoms with van der Waals surface area (Å²) in [6.07, 6.45) is 4.50. The standard InChI is InChI=1S/C55H43N3/c1-5-17-43-36(2)55(47-25-14-12-23-45(47)54(3,4)46-24-13-15-26-48(46)55)49-27-16-22-44(50(43)49)39-30-34-42(35-31-39)53-57-51(40-20-10-7-11-21-40)56-52(58-53)41-32-28-38(29-33-41)37-18-8-6-9-19-37/h5-35H,1-4H3/b17-5-. The van der Waals surface area contributed by atoms with Gasteiger partial charge in [-0.15, -0.1) is 0 Å². The highest BCUT2D eigenvalue weighted by atomic mass is 15.0. The number of nitrogens with zero attached hydrogens (tertiary/aromatic N) is 3. The molecule has 0 saturated carbocycles. The van der Waals surface area contributed by atoms with E-state index in [2.05, 4.69) is 192 Å². The number of fused-ring (bicyclic) bond motifs is 6. The highest BCUT2D eigenvalue weighted by Crippen LogP contribution is 2.62. The van der Waals surface area contributed by atoms with Gasteiger partial charge in [0, 0.05) is 22.1 Å². The van der Waals surface area contributed by atoms with Crippen molar-refractivity contribution in [3.63, 3.8) is 0 Å². The molecule has 1 aromatic heterocycles. The van der Waals surface area contributed by atoms with Crippen LogP contribution < -0.4 is 0 Å². The van der Waals surface area contributed by atoms with Crippen LogP contribution in [0.1, 0.15) is 61.1 Å². The molecule has 0 fully saturated rings. The van der Waals surface area contributed by atoms with Crippen LogP contribution in [-0.2, 0) is 10.8 Å². The number of aromatic nitrogens is 3. The molecule has 1 spiro atoms. The average molecular weight is 746 g/mol. The molecule has 0 amide bonds. The Morgan fingerprint density at radius 1 is 0.397 bits per heavy atom. The van der Waals surface area contributed by atoms with Crippen molar-refractivity contribution in [3.05, 3.63) is 227 Å². The Labute approximate surface area is 341 Å². The number of rotatable bonds is 6. The van der Waals surface area contributed by atoms with Gasteiger partial charge in [-0.3, -0.25) is 0 Å². The van der Waals surface area contributed by atoms with Crippen molar-refractivity contribution in [2.75, 3.05) is 0 Å². The number of benzene rings is 7. The van der Waals surface area contributed by atoms with Crippen LogP contribution in [0.5, 0.6) is 0 Å². The summed E-state index contributed by atoms with van der Waals surface area (Å²) < 4.78 is 0. The van der Waals surface area contributed by atoms with Crippen LogP contribution in [0.25, 0.3) is 62.0 Å². The smallest absolute Gasteiger partial charge is 0.164 e. The molecule has 8 aromatic rings. The molecule has 278 valence electrons. The highest BCUT2D eigenvalue weighted by molar-refractivity contribution is 5.97. The highest BCUT2D eigenvalue weighted by Gasteiger charge is 2.53. The molecule has 0 unspecified atom stereocenters. The van der Waals surface area contributed by atoms with Gasteiger partial charge in [0.2, 0.25) is 0 Å². The van der Waals surface area contributed by atoms with Crippen molar-refractivity contribution in [2.45, 2.75) is 38.5 Å². The molecule has 0 aliphatic heterocycles. The van der Waals surface area contributed by atoms with Crippen molar-refractivity contribution in [2.24, 2.45) is 0 Å². The van der Waals surface area contributed by atoms with Crippen molar-refractivity contribution < 1.29 is 0 Å². The summed E-state index contributed by atoms with van der Waals surface area (Å²) in [5, 5.41) is 0. The minimum absolute atomic E-state index is 0.128. The van der Waals surface area contributed by atoms with Crippen LogP contribution in [0.15, 0.2) is 194 Å². The Kier molecular flexibility index (Phi) is 8.49. The van der Waals surface area contributed by atoms with E-state index in [1.165, 1.54) is 55.7 Å². The lowest BCUT2D eigenvalue weighted by Crippen LogP contribution is -2.40. The molecule has 0 bridgehead atoms. The predicted molar refractivity (Wildman–Crippen MR) is 239 cm³/mol. The second-order valence-corrected chi connectivity index (χ2v) is 15.9. The molecule has 1 heterocycles. The molecule has 7 aromatic carbocycles. The minimum atomic E-state index is -0.406. The molecule has 3 nitrogen and oxygen atoms in total. The van der Waals surface area contributed by atoms with E-state index in [1.807, 2.05) is 24.3 Å². The fourth-order valence-corrected chi connectivity index (χ4v) is 9.65. The van der Waals surface area contributed by atoms with Crippen molar-refractivity contribution in [3.8, 4) is 56.4 Å². The van der Waals surface area contributed by atoms with Crippen LogP contribution in [0.2, 0.25) is 0 Å². The molecule has 0 N–H and O–H groups in total. The van der Waals surface area contributed by atoms with Gasteiger partial charge in [-0.25, -0.2) is 15.0 Å². The number of hydrogen-bond donors (Lipinski definition) is 0. The molecule has 2 aliphatic rings. The van der Waals surface area contributed by atoms with Crippen LogP contribution in [-0.4, -0.2) is 15.0 Å². The molecule has 58 heavy (non-hydrogen) atoms. The lowest BCUT2D eigenvalue weighted by molar-refractivity contribution is 0.558. The Morgan fingerprint density at radius 2 is 0.793 bits per heavy atom. The maximum Gasteiger partial charge on any atom is 0.164 e. The normalized spacial score (nSPS) is 14.7. The lowest BCUT2D eigenvalue weighted by atomic mass is 9.55. The van der Waals surface area contributed by atoms with Gasteiger partial charge < -0.3 is 0 Å². The first-order valence-corrected chi connectivity index (χ1v) is 20.2. The van der Waals surface area contributed by atoms with Gasteiger partial charge in [-0.05, 0) is 80.6 Å². The third-order valence-electron chi connectivity index (χ3n) is 12.4. The third-order valence-corrected chi connectivity index (χ3v) is 12.4. The summed E-state index contributed by atoms with van der Waals surface area (Å²) in [6.45, 7) is 9.22. The van der Waals surface area contributed by atoms with Crippen molar-refractivity contribution in [1.29, 1.82) is 0 Å². The first kappa shape index (κ1) is 35.4. The maximum absolute atomic E-state index is 5.08. The van der Waals surface area contributed by atoms with Gasteiger partial charge in [-0.2, -0.15) is 0 Å². The first-order chi connectivity index (χ1) is 28.4. The zero-order valence-corrected chi connectivity index (χ0v) is 33.2. The molecular formula is C55H43N3. The van der Waals surface area contributed by atoms with E-state index >= 15 is 0 Å². The van der Waals surface area contributed by atoms with Crippen LogP contribution >= 0.6 is 0 Å². The molecule has 0 saturated heterocycles. The summed E-state index contributed by atoms with van der Waals surface area (Å²) in [7, 11) is 0. The molecule has 10 rings (SSSR count). The second kappa shape index (κ2) is 13.9. The number of allylic oxidation sites excluding steroid dienone is 4. The zero-order chi connectivity index (χ0) is 39.4. The van der Waals surface area contributed by atoms with E-state index < -0.39 is 5.41 Å². The van der Waals surface area contributed by atoms with E-state index in [0.29, 0.717) is 17.5 Å². The third kappa shape index (κ3) is 5.45. The summed E-state index contributed by atoms with van der Waals surface area (Å²) in [4.78, 5) is 15.1. The van der Waals surface area contributed by atoms with Gasteiger partial charge in [0.15, 0.2) is 17.5 Å². The molecular weight excluding hydrogens is 703 g/mol. The van der Waals surface area contributed by atoms with E-state index in [-0.39, 0.29) is 5.41 Å². The first-order valence-electron chi connectivity index (χ1n) is 20.2. The molecule has 2 aliphatic carbocycles. The second-order valence-electron chi connectivity index (χ2n) is 15.9.